The molecule has 3 nitrogen and oxygen atoms in total. The highest BCUT2D eigenvalue weighted by atomic mass is 35.5. The summed E-state index contributed by atoms with van der Waals surface area (Å²) in [7, 11) is 0. The maximum atomic E-state index is 9.88. The van der Waals surface area contributed by atoms with Gasteiger partial charge in [0.05, 0.1) is 6.20 Å². The Balaban J connectivity index is 0.00000133. The molecule has 3 rings (SSSR count). The van der Waals surface area contributed by atoms with Gasteiger partial charge in [-0.25, -0.2) is 0 Å². The third-order valence-corrected chi connectivity index (χ3v) is 2.90. The molecule has 0 fully saturated rings. The van der Waals surface area contributed by atoms with Crippen LogP contribution < -0.4 is 16.8 Å². The van der Waals surface area contributed by atoms with Gasteiger partial charge in [0.25, 0.3) is 0 Å². The molecule has 0 unspecified atom stereocenters. The monoisotopic (exact) mass is 272 g/mol. The lowest BCUT2D eigenvalue weighted by molar-refractivity contribution is -0.502. The van der Waals surface area contributed by atoms with Gasteiger partial charge in [-0.2, -0.15) is 4.40 Å². The van der Waals surface area contributed by atoms with Crippen LogP contribution in [0.4, 0.5) is 0 Å². The number of aromatic hydroxyl groups is 1. The molecular weight excluding hydrogens is 260 g/mol. The molecule has 4 heteroatoms. The number of hydrogen-bond donors (Lipinski definition) is 1. The lowest BCUT2D eigenvalue weighted by Gasteiger charge is -2.03. The van der Waals surface area contributed by atoms with Gasteiger partial charge in [0.2, 0.25) is 5.75 Å². The summed E-state index contributed by atoms with van der Waals surface area (Å²) >= 11 is 0. The van der Waals surface area contributed by atoms with Crippen LogP contribution in [-0.4, -0.2) is 10.1 Å². The fraction of sp³-hybridized carbons (Fsp3) is 0.0667. The first kappa shape index (κ1) is 13.3. The van der Waals surface area contributed by atoms with E-state index in [-0.39, 0.29) is 18.2 Å². The fourth-order valence-corrected chi connectivity index (χ4v) is 2.09. The van der Waals surface area contributed by atoms with Crippen molar-refractivity contribution in [2.75, 3.05) is 0 Å². The van der Waals surface area contributed by atoms with Crippen LogP contribution in [0.3, 0.4) is 0 Å². The van der Waals surface area contributed by atoms with E-state index >= 15 is 0 Å². The Morgan fingerprint density at radius 1 is 1.05 bits per heavy atom. The van der Waals surface area contributed by atoms with E-state index in [1.807, 2.05) is 60.0 Å². The van der Waals surface area contributed by atoms with Gasteiger partial charge in [-0.3, -0.25) is 0 Å². The van der Waals surface area contributed by atoms with Crippen LogP contribution in [0.1, 0.15) is 5.69 Å². The number of aryl methyl sites for hydroxylation is 1. The first-order valence-corrected chi connectivity index (χ1v) is 5.82. The molecule has 0 spiro atoms. The third kappa shape index (κ3) is 2.37. The minimum atomic E-state index is 0. The van der Waals surface area contributed by atoms with Crippen LogP contribution in [-0.2, 0) is 0 Å². The van der Waals surface area contributed by atoms with Crippen molar-refractivity contribution >= 4 is 5.65 Å². The SMILES string of the molecule is Cc1cc(-c2ccccc2)[n+]2cccc(O)c2n1.[Cl-]. The molecule has 0 aliphatic rings. The van der Waals surface area contributed by atoms with Crippen LogP contribution in [0.2, 0.25) is 0 Å². The second-order valence-corrected chi connectivity index (χ2v) is 4.24. The summed E-state index contributed by atoms with van der Waals surface area (Å²) in [4.78, 5) is 4.37. The molecule has 0 aliphatic carbocycles. The highest BCUT2D eigenvalue weighted by Gasteiger charge is 2.16. The minimum absolute atomic E-state index is 0. The van der Waals surface area contributed by atoms with Gasteiger partial charge >= 0.3 is 5.65 Å². The van der Waals surface area contributed by atoms with Crippen LogP contribution in [0.15, 0.2) is 54.7 Å². The Morgan fingerprint density at radius 3 is 2.53 bits per heavy atom. The normalized spacial score (nSPS) is 10.2. The van der Waals surface area contributed by atoms with Crippen molar-refractivity contribution in [3.63, 3.8) is 0 Å². The van der Waals surface area contributed by atoms with Crippen molar-refractivity contribution in [2.45, 2.75) is 6.92 Å². The number of rotatable bonds is 1. The maximum Gasteiger partial charge on any atom is 0.370 e. The van der Waals surface area contributed by atoms with E-state index < -0.39 is 0 Å². The largest absolute Gasteiger partial charge is 1.00 e. The van der Waals surface area contributed by atoms with Gasteiger partial charge in [-0.1, -0.05) is 30.3 Å². The van der Waals surface area contributed by atoms with E-state index in [4.69, 9.17) is 0 Å². The first-order valence-electron chi connectivity index (χ1n) is 5.82. The van der Waals surface area contributed by atoms with E-state index in [0.717, 1.165) is 17.0 Å². The van der Waals surface area contributed by atoms with Crippen LogP contribution >= 0.6 is 0 Å². The molecule has 96 valence electrons. The topological polar surface area (TPSA) is 37.2 Å². The number of nitrogens with zero attached hydrogens (tertiary/aromatic N) is 2. The van der Waals surface area contributed by atoms with Crippen molar-refractivity contribution in [2.24, 2.45) is 0 Å². The smallest absolute Gasteiger partial charge is 0.370 e. The molecule has 0 radical (unpaired) electrons. The summed E-state index contributed by atoms with van der Waals surface area (Å²) in [6.07, 6.45) is 1.91. The molecule has 0 atom stereocenters. The van der Waals surface area contributed by atoms with E-state index in [1.165, 1.54) is 0 Å². The second kappa shape index (κ2) is 5.24. The van der Waals surface area contributed by atoms with Crippen molar-refractivity contribution in [1.82, 2.24) is 4.98 Å². The van der Waals surface area contributed by atoms with Crippen molar-refractivity contribution < 1.29 is 21.9 Å². The Bertz CT molecular complexity index is 714. The lowest BCUT2D eigenvalue weighted by atomic mass is 10.1. The quantitative estimate of drug-likeness (QED) is 0.607. The van der Waals surface area contributed by atoms with Crippen LogP contribution in [0.5, 0.6) is 5.75 Å². The van der Waals surface area contributed by atoms with Gasteiger partial charge in [0.1, 0.15) is 5.69 Å². The van der Waals surface area contributed by atoms with Gasteiger partial charge in [0.15, 0.2) is 5.69 Å². The fourth-order valence-electron chi connectivity index (χ4n) is 2.09. The standard InChI is InChI=1S/C15H12N2O.ClH/c1-11-10-13(12-6-3-2-4-7-12)17-9-5-8-14(18)15(17)16-11;/h2-10H,1H3;1H. The maximum absolute atomic E-state index is 9.88. The van der Waals surface area contributed by atoms with Crippen molar-refractivity contribution in [3.8, 4) is 17.0 Å². The Hall–Kier alpha value is -2.13. The van der Waals surface area contributed by atoms with Crippen molar-refractivity contribution in [1.29, 1.82) is 0 Å². The van der Waals surface area contributed by atoms with E-state index in [1.54, 1.807) is 6.07 Å². The number of benzene rings is 1. The molecule has 0 saturated heterocycles. The average molecular weight is 273 g/mol. The van der Waals surface area contributed by atoms with Gasteiger partial charge in [0, 0.05) is 18.6 Å². The summed E-state index contributed by atoms with van der Waals surface area (Å²) in [5.41, 5.74) is 3.59. The predicted octanol–water partition coefficient (Wildman–Crippen LogP) is -0.495. The number of hydrogen-bond acceptors (Lipinski definition) is 2. The summed E-state index contributed by atoms with van der Waals surface area (Å²) in [5, 5.41) is 9.88. The minimum Gasteiger partial charge on any atom is -1.00 e. The predicted molar refractivity (Wildman–Crippen MR) is 69.2 cm³/mol. The molecule has 0 aliphatic heterocycles. The van der Waals surface area contributed by atoms with E-state index in [9.17, 15) is 5.11 Å². The van der Waals surface area contributed by atoms with E-state index in [0.29, 0.717) is 5.65 Å². The van der Waals surface area contributed by atoms with Gasteiger partial charge < -0.3 is 17.5 Å². The summed E-state index contributed by atoms with van der Waals surface area (Å²) < 4.78 is 1.90. The molecule has 0 bridgehead atoms. The van der Waals surface area contributed by atoms with Crippen LogP contribution in [0.25, 0.3) is 16.9 Å². The van der Waals surface area contributed by atoms with Crippen LogP contribution in [0, 0.1) is 6.92 Å². The Morgan fingerprint density at radius 2 is 1.79 bits per heavy atom. The first-order chi connectivity index (χ1) is 8.75. The van der Waals surface area contributed by atoms with Gasteiger partial charge in [-0.05, 0) is 17.1 Å². The molecule has 0 amide bonds. The zero-order valence-electron chi connectivity index (χ0n) is 10.4. The Labute approximate surface area is 117 Å². The molecule has 19 heavy (non-hydrogen) atoms. The third-order valence-electron chi connectivity index (χ3n) is 2.90. The highest BCUT2D eigenvalue weighted by Crippen LogP contribution is 2.19. The zero-order valence-corrected chi connectivity index (χ0v) is 11.2. The molecule has 2 heterocycles. The second-order valence-electron chi connectivity index (χ2n) is 4.24. The average Bonchev–Trinajstić information content (AvgIpc) is 2.40. The number of halogens is 1. The number of pyridine rings is 1. The summed E-state index contributed by atoms with van der Waals surface area (Å²) in [6.45, 7) is 1.93. The molecule has 0 saturated carbocycles. The van der Waals surface area contributed by atoms with E-state index in [2.05, 4.69) is 4.98 Å². The van der Waals surface area contributed by atoms with Gasteiger partial charge in [-0.15, -0.1) is 0 Å². The van der Waals surface area contributed by atoms with Crippen molar-refractivity contribution in [3.05, 3.63) is 60.4 Å². The highest BCUT2D eigenvalue weighted by molar-refractivity contribution is 5.59. The lowest BCUT2D eigenvalue weighted by Crippen LogP contribution is -3.00. The summed E-state index contributed by atoms with van der Waals surface area (Å²) in [6, 6.07) is 15.6. The summed E-state index contributed by atoms with van der Waals surface area (Å²) in [5.74, 6) is 0.193. The number of fused-ring (bicyclic) bond motifs is 1. The molecule has 1 N–H and O–H groups in total. The molecular formula is C15H13ClN2O. The number of aromatic nitrogens is 2. The molecule has 3 aromatic rings. The molecule has 1 aromatic carbocycles. The Kier molecular flexibility index (Phi) is 3.67. The zero-order chi connectivity index (χ0) is 12.5. The molecule has 2 aromatic heterocycles.